The molecule has 4 rings (SSSR count). The number of hydrogen-bond donors (Lipinski definition) is 1. The van der Waals surface area contributed by atoms with Gasteiger partial charge in [0.05, 0.1) is 11.7 Å². The zero-order valence-electron chi connectivity index (χ0n) is 18.8. The molecule has 162 valence electrons. The lowest BCUT2D eigenvalue weighted by Crippen LogP contribution is -2.30. The minimum atomic E-state index is -0.218. The number of thioether (sulfide) groups is 1. The van der Waals surface area contributed by atoms with Crippen LogP contribution >= 0.6 is 11.8 Å². The highest BCUT2D eigenvalue weighted by atomic mass is 32.2. The second-order valence-electron chi connectivity index (χ2n) is 8.38. The second-order valence-corrected chi connectivity index (χ2v) is 9.23. The Hall–Kier alpha value is -2.53. The third-order valence-corrected chi connectivity index (χ3v) is 6.89. The summed E-state index contributed by atoms with van der Waals surface area (Å²) in [7, 11) is 2.06. The van der Waals surface area contributed by atoms with E-state index in [0.717, 1.165) is 51.8 Å². The number of hydrogen-bond acceptors (Lipinski definition) is 4. The fourth-order valence-corrected chi connectivity index (χ4v) is 4.97. The van der Waals surface area contributed by atoms with Gasteiger partial charge in [0.2, 0.25) is 0 Å². The molecule has 0 fully saturated rings. The molecule has 0 amide bonds. The highest BCUT2D eigenvalue weighted by Gasteiger charge is 2.27. The summed E-state index contributed by atoms with van der Waals surface area (Å²) in [6.45, 7) is 8.64. The molecule has 0 aromatic heterocycles. The van der Waals surface area contributed by atoms with Crippen molar-refractivity contribution in [1.82, 2.24) is 4.90 Å². The molecule has 0 saturated heterocycles. The van der Waals surface area contributed by atoms with Crippen molar-refractivity contribution in [3.05, 3.63) is 71.1 Å². The number of anilines is 1. The lowest BCUT2D eigenvalue weighted by atomic mass is 9.93. The summed E-state index contributed by atoms with van der Waals surface area (Å²) < 4.78 is 13.7. The van der Waals surface area contributed by atoms with Crippen LogP contribution in [0.4, 0.5) is 15.8 Å². The summed E-state index contributed by atoms with van der Waals surface area (Å²) in [4.78, 5) is 8.20. The van der Waals surface area contributed by atoms with E-state index >= 15 is 0 Å². The third kappa shape index (κ3) is 4.29. The van der Waals surface area contributed by atoms with Gasteiger partial charge in [-0.1, -0.05) is 18.7 Å². The molecular weight excluding hydrogens is 405 g/mol. The standard InChI is InChI=1S/C26H30FN3S/c1-16-13-21(17(2)28-23-12-11-20(27)15-24(23)31-5)25-22(14-16)18(3)30(4)26(29-25)19-9-7-6-8-10-19/h9,11-15,17,28H,3,6-8,10H2,1-2,4-5H3. The van der Waals surface area contributed by atoms with E-state index < -0.39 is 0 Å². The number of nitrogens with zero attached hydrogens (tertiary/aromatic N) is 2. The monoisotopic (exact) mass is 435 g/mol. The minimum absolute atomic E-state index is 0.00607. The Kier molecular flexibility index (Phi) is 6.24. The number of rotatable bonds is 5. The molecule has 1 aliphatic carbocycles. The molecule has 1 aliphatic heterocycles. The van der Waals surface area contributed by atoms with Crippen molar-refractivity contribution < 1.29 is 4.39 Å². The van der Waals surface area contributed by atoms with E-state index in [9.17, 15) is 4.39 Å². The molecule has 31 heavy (non-hydrogen) atoms. The maximum Gasteiger partial charge on any atom is 0.136 e. The van der Waals surface area contributed by atoms with E-state index in [1.54, 1.807) is 17.8 Å². The molecule has 0 radical (unpaired) electrons. The zero-order chi connectivity index (χ0) is 22.1. The first-order valence-electron chi connectivity index (χ1n) is 10.8. The van der Waals surface area contributed by atoms with Crippen LogP contribution in [-0.4, -0.2) is 24.0 Å². The van der Waals surface area contributed by atoms with Crippen molar-refractivity contribution in [3.8, 4) is 0 Å². The number of nitrogens with one attached hydrogen (secondary N) is 1. The highest BCUT2D eigenvalue weighted by molar-refractivity contribution is 7.98. The normalized spacial score (nSPS) is 17.1. The summed E-state index contributed by atoms with van der Waals surface area (Å²) in [5.41, 5.74) is 7.61. The number of benzene rings is 2. The highest BCUT2D eigenvalue weighted by Crippen LogP contribution is 2.42. The van der Waals surface area contributed by atoms with Crippen molar-refractivity contribution in [2.45, 2.75) is 50.5 Å². The van der Waals surface area contributed by atoms with Gasteiger partial charge in [-0.05, 0) is 81.2 Å². The first-order valence-corrected chi connectivity index (χ1v) is 12.1. The Bertz CT molecular complexity index is 1090. The largest absolute Gasteiger partial charge is 0.378 e. The van der Waals surface area contributed by atoms with Crippen LogP contribution in [0.25, 0.3) is 5.70 Å². The summed E-state index contributed by atoms with van der Waals surface area (Å²) in [5.74, 6) is 0.797. The van der Waals surface area contributed by atoms with Crippen LogP contribution in [0.3, 0.4) is 0 Å². The molecule has 1 unspecified atom stereocenters. The van der Waals surface area contributed by atoms with Gasteiger partial charge >= 0.3 is 0 Å². The molecule has 2 aromatic rings. The molecule has 2 aliphatic rings. The lowest BCUT2D eigenvalue weighted by molar-refractivity contribution is 0.624. The smallest absolute Gasteiger partial charge is 0.136 e. The first-order chi connectivity index (χ1) is 14.9. The molecule has 3 nitrogen and oxygen atoms in total. The van der Waals surface area contributed by atoms with Gasteiger partial charge in [0.15, 0.2) is 0 Å². The summed E-state index contributed by atoms with van der Waals surface area (Å²) in [5, 5.41) is 3.59. The van der Waals surface area contributed by atoms with Crippen LogP contribution in [0.1, 0.15) is 55.3 Å². The predicted molar refractivity (Wildman–Crippen MR) is 132 cm³/mol. The maximum atomic E-state index is 13.7. The molecule has 0 spiro atoms. The summed E-state index contributed by atoms with van der Waals surface area (Å²) >= 11 is 1.54. The molecule has 5 heteroatoms. The predicted octanol–water partition coefficient (Wildman–Crippen LogP) is 7.48. The van der Waals surface area contributed by atoms with E-state index in [2.05, 4.69) is 55.9 Å². The average molecular weight is 436 g/mol. The van der Waals surface area contributed by atoms with Crippen LogP contribution in [-0.2, 0) is 0 Å². The van der Waals surface area contributed by atoms with Gasteiger partial charge in [-0.2, -0.15) is 0 Å². The van der Waals surface area contributed by atoms with Crippen LogP contribution in [0.5, 0.6) is 0 Å². The van der Waals surface area contributed by atoms with Crippen LogP contribution < -0.4 is 5.32 Å². The van der Waals surface area contributed by atoms with Gasteiger partial charge in [0, 0.05) is 34.5 Å². The third-order valence-electron chi connectivity index (χ3n) is 6.12. The van der Waals surface area contributed by atoms with Crippen molar-refractivity contribution >= 4 is 34.7 Å². The van der Waals surface area contributed by atoms with E-state index in [1.807, 2.05) is 12.3 Å². The summed E-state index contributed by atoms with van der Waals surface area (Å²) in [6, 6.07) is 9.27. The van der Waals surface area contributed by atoms with E-state index in [-0.39, 0.29) is 11.9 Å². The zero-order valence-corrected chi connectivity index (χ0v) is 19.6. The average Bonchev–Trinajstić information content (AvgIpc) is 2.77. The maximum absolute atomic E-state index is 13.7. The minimum Gasteiger partial charge on any atom is -0.378 e. The molecule has 2 aromatic carbocycles. The van der Waals surface area contributed by atoms with Gasteiger partial charge in [-0.3, -0.25) is 0 Å². The van der Waals surface area contributed by atoms with Crippen LogP contribution in [0, 0.1) is 12.7 Å². The molecule has 1 N–H and O–H groups in total. The number of aryl methyl sites for hydroxylation is 1. The summed E-state index contributed by atoms with van der Waals surface area (Å²) in [6.07, 6.45) is 8.93. The van der Waals surface area contributed by atoms with Crippen molar-refractivity contribution in [2.24, 2.45) is 4.99 Å². The van der Waals surface area contributed by atoms with Gasteiger partial charge in [-0.15, -0.1) is 11.8 Å². The topological polar surface area (TPSA) is 27.6 Å². The van der Waals surface area contributed by atoms with Crippen LogP contribution in [0.15, 0.2) is 58.4 Å². The van der Waals surface area contributed by atoms with Gasteiger partial charge in [-0.25, -0.2) is 9.38 Å². The Morgan fingerprint density at radius 3 is 2.74 bits per heavy atom. The SMILES string of the molecule is C=C1c2cc(C)cc(C(C)Nc3ccc(F)cc3SC)c2N=C(C2=CCCCC2)N1C. The lowest BCUT2D eigenvalue weighted by Gasteiger charge is -2.33. The van der Waals surface area contributed by atoms with E-state index in [1.165, 1.54) is 30.0 Å². The second kappa shape index (κ2) is 8.91. The number of allylic oxidation sites excluding steroid dienone is 1. The molecular formula is C26H30FN3S. The number of fused-ring (bicyclic) bond motifs is 1. The molecule has 0 bridgehead atoms. The molecule has 0 saturated carbocycles. The van der Waals surface area contributed by atoms with E-state index in [4.69, 9.17) is 4.99 Å². The first kappa shape index (κ1) is 21.7. The Morgan fingerprint density at radius 1 is 1.23 bits per heavy atom. The Balaban J connectivity index is 1.77. The van der Waals surface area contributed by atoms with Crippen molar-refractivity contribution in [1.29, 1.82) is 0 Å². The fourth-order valence-electron chi connectivity index (χ4n) is 4.39. The van der Waals surface area contributed by atoms with Crippen LogP contribution in [0.2, 0.25) is 0 Å². The quantitative estimate of drug-likeness (QED) is 0.493. The number of amidine groups is 1. The van der Waals surface area contributed by atoms with Crippen molar-refractivity contribution in [3.63, 3.8) is 0 Å². The van der Waals surface area contributed by atoms with Gasteiger partial charge < -0.3 is 10.2 Å². The Morgan fingerprint density at radius 2 is 2.03 bits per heavy atom. The molecule has 1 heterocycles. The number of aliphatic imine (C=N–C) groups is 1. The van der Waals surface area contributed by atoms with E-state index in [0.29, 0.717) is 0 Å². The fraction of sp³-hybridized carbons (Fsp3) is 0.346. The number of halogens is 1. The molecule has 1 atom stereocenters. The number of likely N-dealkylation sites (N-methyl/N-ethyl adjacent to an activating group) is 1. The Labute approximate surface area is 189 Å². The van der Waals surface area contributed by atoms with Crippen molar-refractivity contribution in [2.75, 3.05) is 18.6 Å². The van der Waals surface area contributed by atoms with Gasteiger partial charge in [0.1, 0.15) is 11.7 Å². The van der Waals surface area contributed by atoms with Gasteiger partial charge in [0.25, 0.3) is 0 Å².